The van der Waals surface area contributed by atoms with Crippen LogP contribution in [0.2, 0.25) is 0 Å². The fourth-order valence-electron chi connectivity index (χ4n) is 4.13. The number of piperidine rings is 1. The van der Waals surface area contributed by atoms with Crippen LogP contribution in [0.3, 0.4) is 0 Å². The third kappa shape index (κ3) is 6.02. The zero-order valence-corrected chi connectivity index (χ0v) is 20.1. The fourth-order valence-corrected chi connectivity index (χ4v) is 5.45. The molecule has 0 amide bonds. The highest BCUT2D eigenvalue weighted by atomic mass is 32.2. The molecule has 0 spiro atoms. The fraction of sp³-hybridized carbons (Fsp3) is 0.458. The maximum absolute atomic E-state index is 14.6. The van der Waals surface area contributed by atoms with Gasteiger partial charge in [-0.2, -0.15) is 13.2 Å². The molecule has 2 fully saturated rings. The van der Waals surface area contributed by atoms with E-state index < -0.39 is 34.0 Å². The summed E-state index contributed by atoms with van der Waals surface area (Å²) in [6.07, 6.45) is -1.06. The monoisotopic (exact) mass is 512 g/mol. The molecule has 2 atom stereocenters. The Hall–Kier alpha value is -2.50. The minimum absolute atomic E-state index is 0.00682. The molecule has 190 valence electrons. The Bertz CT molecular complexity index is 1240. The SMILES string of the molecule is C=C(c1nc(/C=C/CNS(=O)(=O)C2CC2)cc2c(N[C@@H]3CCN(C)C[C@@H]3F)cccc12)C(F)(F)F. The van der Waals surface area contributed by atoms with Crippen molar-refractivity contribution in [3.05, 3.63) is 48.3 Å². The van der Waals surface area contributed by atoms with Gasteiger partial charge in [-0.15, -0.1) is 0 Å². The number of hydrogen-bond donors (Lipinski definition) is 2. The number of pyridine rings is 1. The molecule has 2 heterocycles. The molecule has 6 nitrogen and oxygen atoms in total. The summed E-state index contributed by atoms with van der Waals surface area (Å²) in [5.74, 6) is 0. The largest absolute Gasteiger partial charge is 0.417 e. The van der Waals surface area contributed by atoms with Crippen molar-refractivity contribution in [3.8, 4) is 0 Å². The number of aromatic nitrogens is 1. The average molecular weight is 513 g/mol. The predicted molar refractivity (Wildman–Crippen MR) is 130 cm³/mol. The summed E-state index contributed by atoms with van der Waals surface area (Å²) in [6.45, 7) is 4.18. The van der Waals surface area contributed by atoms with Crippen molar-refractivity contribution in [2.45, 2.75) is 42.9 Å². The standard InChI is InChI=1S/C24H28F4N4O2S/c1-15(24(26,27)28)23-18-6-3-7-21(31-22-10-12-32(2)14-20(22)25)19(18)13-16(30-23)5-4-11-29-35(33,34)17-8-9-17/h3-7,13,17,20,22,29,31H,1,8-12,14H2,2H3/b5-4+/t20-,22+/m0/s1. The van der Waals surface area contributed by atoms with Crippen LogP contribution in [0.1, 0.15) is 30.7 Å². The van der Waals surface area contributed by atoms with Gasteiger partial charge in [-0.05, 0) is 44.5 Å². The molecule has 35 heavy (non-hydrogen) atoms. The summed E-state index contributed by atoms with van der Waals surface area (Å²) < 4.78 is 81.8. The Kier molecular flexibility index (Phi) is 7.21. The Morgan fingerprint density at radius 3 is 2.66 bits per heavy atom. The van der Waals surface area contributed by atoms with Crippen LogP contribution in [0.4, 0.5) is 23.2 Å². The zero-order chi connectivity index (χ0) is 25.4. The van der Waals surface area contributed by atoms with E-state index in [2.05, 4.69) is 21.6 Å². The summed E-state index contributed by atoms with van der Waals surface area (Å²) in [5, 5.41) is 3.50. The molecule has 4 rings (SSSR count). The molecule has 2 N–H and O–H groups in total. The highest BCUT2D eigenvalue weighted by Crippen LogP contribution is 2.37. The average Bonchev–Trinajstić information content (AvgIpc) is 3.63. The van der Waals surface area contributed by atoms with Crippen LogP contribution in [0.15, 0.2) is 36.9 Å². The minimum Gasteiger partial charge on any atom is -0.379 e. The molecular formula is C24H28F4N4O2S. The van der Waals surface area contributed by atoms with Gasteiger partial charge in [-0.3, -0.25) is 0 Å². The summed E-state index contributed by atoms with van der Waals surface area (Å²) in [4.78, 5) is 6.06. The van der Waals surface area contributed by atoms with E-state index in [0.717, 1.165) is 0 Å². The van der Waals surface area contributed by atoms with Crippen LogP contribution in [-0.2, 0) is 10.0 Å². The van der Waals surface area contributed by atoms with Crippen LogP contribution in [0, 0.1) is 0 Å². The Balaban J connectivity index is 1.67. The Labute approximate surface area is 202 Å². The number of likely N-dealkylation sites (tertiary alicyclic amines) is 1. The molecule has 0 unspecified atom stereocenters. The van der Waals surface area contributed by atoms with Gasteiger partial charge in [0.05, 0.1) is 28.3 Å². The Morgan fingerprint density at radius 2 is 2.00 bits per heavy atom. The van der Waals surface area contributed by atoms with Crippen molar-refractivity contribution in [1.29, 1.82) is 0 Å². The summed E-state index contributed by atoms with van der Waals surface area (Å²) in [6, 6.07) is 5.96. The van der Waals surface area contributed by atoms with Gasteiger partial charge in [0.1, 0.15) is 6.17 Å². The number of benzene rings is 1. The van der Waals surface area contributed by atoms with E-state index in [1.165, 1.54) is 18.2 Å². The number of sulfonamides is 1. The van der Waals surface area contributed by atoms with Crippen molar-refractivity contribution in [3.63, 3.8) is 0 Å². The molecule has 1 aromatic heterocycles. The molecular weight excluding hydrogens is 484 g/mol. The lowest BCUT2D eigenvalue weighted by Crippen LogP contribution is -2.46. The lowest BCUT2D eigenvalue weighted by Gasteiger charge is -2.33. The quantitative estimate of drug-likeness (QED) is 0.515. The first-order valence-electron chi connectivity index (χ1n) is 11.4. The molecule has 11 heteroatoms. The third-order valence-corrected chi connectivity index (χ3v) is 8.18. The number of alkyl halides is 4. The highest BCUT2D eigenvalue weighted by Gasteiger charge is 2.36. The molecule has 2 aliphatic rings. The second kappa shape index (κ2) is 9.87. The highest BCUT2D eigenvalue weighted by molar-refractivity contribution is 7.90. The molecule has 1 saturated carbocycles. The van der Waals surface area contributed by atoms with Crippen LogP contribution in [0.5, 0.6) is 0 Å². The zero-order valence-electron chi connectivity index (χ0n) is 19.3. The van der Waals surface area contributed by atoms with E-state index in [-0.39, 0.29) is 35.1 Å². The lowest BCUT2D eigenvalue weighted by molar-refractivity contribution is -0.0688. The van der Waals surface area contributed by atoms with Crippen molar-refractivity contribution >= 4 is 38.1 Å². The number of rotatable bonds is 8. The van der Waals surface area contributed by atoms with E-state index >= 15 is 0 Å². The third-order valence-electron chi connectivity index (χ3n) is 6.26. The lowest BCUT2D eigenvalue weighted by atomic mass is 9.99. The van der Waals surface area contributed by atoms with Crippen molar-refractivity contribution in [2.75, 3.05) is 32.0 Å². The van der Waals surface area contributed by atoms with Gasteiger partial charge in [-0.25, -0.2) is 22.5 Å². The van der Waals surface area contributed by atoms with Crippen LogP contribution >= 0.6 is 0 Å². The van der Waals surface area contributed by atoms with E-state index in [1.807, 2.05) is 11.9 Å². The van der Waals surface area contributed by atoms with Crippen molar-refractivity contribution in [1.82, 2.24) is 14.6 Å². The number of nitrogens with zero attached hydrogens (tertiary/aromatic N) is 2. The van der Waals surface area contributed by atoms with Gasteiger partial charge in [0.25, 0.3) is 0 Å². The van der Waals surface area contributed by atoms with Gasteiger partial charge in [0.2, 0.25) is 10.0 Å². The number of fused-ring (bicyclic) bond motifs is 1. The normalized spacial score (nSPS) is 22.1. The van der Waals surface area contributed by atoms with Crippen LogP contribution in [0.25, 0.3) is 22.4 Å². The number of allylic oxidation sites excluding steroid dienone is 1. The van der Waals surface area contributed by atoms with E-state index in [1.54, 1.807) is 18.2 Å². The van der Waals surface area contributed by atoms with Gasteiger partial charge in [0.15, 0.2) is 0 Å². The van der Waals surface area contributed by atoms with Crippen LogP contribution < -0.4 is 10.0 Å². The van der Waals surface area contributed by atoms with Gasteiger partial charge in [-0.1, -0.05) is 24.8 Å². The molecule has 1 aliphatic heterocycles. The first-order valence-corrected chi connectivity index (χ1v) is 12.9. The molecule has 2 aromatic rings. The maximum atomic E-state index is 14.6. The van der Waals surface area contributed by atoms with E-state index in [4.69, 9.17) is 0 Å². The first kappa shape index (κ1) is 25.6. The van der Waals surface area contributed by atoms with E-state index in [9.17, 15) is 26.0 Å². The van der Waals surface area contributed by atoms with Crippen molar-refractivity contribution < 1.29 is 26.0 Å². The number of halogens is 4. The number of anilines is 1. The number of nitrogens with one attached hydrogen (secondary N) is 2. The predicted octanol–water partition coefficient (Wildman–Crippen LogP) is 4.36. The van der Waals surface area contributed by atoms with Gasteiger partial charge < -0.3 is 10.2 Å². The second-order valence-electron chi connectivity index (χ2n) is 9.09. The van der Waals surface area contributed by atoms with Crippen molar-refractivity contribution in [2.24, 2.45) is 0 Å². The smallest absolute Gasteiger partial charge is 0.379 e. The topological polar surface area (TPSA) is 74.3 Å². The van der Waals surface area contributed by atoms with E-state index in [0.29, 0.717) is 36.9 Å². The molecule has 0 radical (unpaired) electrons. The second-order valence-corrected chi connectivity index (χ2v) is 11.1. The summed E-state index contributed by atoms with van der Waals surface area (Å²) >= 11 is 0. The molecule has 1 saturated heterocycles. The Morgan fingerprint density at radius 1 is 1.26 bits per heavy atom. The molecule has 0 bridgehead atoms. The molecule has 1 aliphatic carbocycles. The number of hydrogen-bond acceptors (Lipinski definition) is 5. The maximum Gasteiger partial charge on any atom is 0.417 e. The minimum atomic E-state index is -4.69. The first-order chi connectivity index (χ1) is 16.5. The molecule has 1 aromatic carbocycles. The van der Waals surface area contributed by atoms with Crippen LogP contribution in [-0.4, -0.2) is 68.6 Å². The summed E-state index contributed by atoms with van der Waals surface area (Å²) in [7, 11) is -1.54. The van der Waals surface area contributed by atoms with Gasteiger partial charge in [0, 0.05) is 36.1 Å². The summed E-state index contributed by atoms with van der Waals surface area (Å²) in [5.41, 5.74) is -0.704. The van der Waals surface area contributed by atoms with Gasteiger partial charge >= 0.3 is 6.18 Å².